The molecule has 3 rings (SSSR count). The average Bonchev–Trinajstić information content (AvgIpc) is 3.04. The largest absolute Gasteiger partial charge is 0.396 e. The number of nitrogens with one attached hydrogen (secondary N) is 2. The molecule has 23 heavy (non-hydrogen) atoms. The molecule has 3 aromatic rings. The van der Waals surface area contributed by atoms with Gasteiger partial charge in [0, 0.05) is 30.0 Å². The number of aromatic amines is 1. The lowest BCUT2D eigenvalue weighted by atomic mass is 10.1. The summed E-state index contributed by atoms with van der Waals surface area (Å²) in [5, 5.41) is 19.3. The predicted octanol–water partition coefficient (Wildman–Crippen LogP) is 3.36. The van der Waals surface area contributed by atoms with Gasteiger partial charge in [-0.1, -0.05) is 12.1 Å². The molecule has 0 saturated carbocycles. The summed E-state index contributed by atoms with van der Waals surface area (Å²) in [6.07, 6.45) is 2.43. The first-order valence-electron chi connectivity index (χ1n) is 7.48. The molecule has 0 amide bonds. The number of rotatable bonds is 6. The van der Waals surface area contributed by atoms with Gasteiger partial charge in [-0.05, 0) is 48.4 Å². The van der Waals surface area contributed by atoms with Crippen LogP contribution in [0.25, 0.3) is 11.3 Å². The Morgan fingerprint density at radius 2 is 1.78 bits per heavy atom. The Bertz CT molecular complexity index is 751. The second kappa shape index (κ2) is 7.07. The number of aromatic nitrogens is 2. The van der Waals surface area contributed by atoms with Gasteiger partial charge < -0.3 is 10.4 Å². The van der Waals surface area contributed by atoms with E-state index in [0.717, 1.165) is 28.1 Å². The summed E-state index contributed by atoms with van der Waals surface area (Å²) < 4.78 is 13.0. The van der Waals surface area contributed by atoms with Crippen molar-refractivity contribution in [1.82, 2.24) is 10.2 Å². The second-order valence-electron chi connectivity index (χ2n) is 5.30. The molecular formula is C18H18FN3O. The summed E-state index contributed by atoms with van der Waals surface area (Å²) in [6.45, 7) is 0.769. The first kappa shape index (κ1) is 15.2. The van der Waals surface area contributed by atoms with Crippen molar-refractivity contribution < 1.29 is 9.50 Å². The van der Waals surface area contributed by atoms with E-state index in [1.165, 1.54) is 12.1 Å². The van der Waals surface area contributed by atoms with E-state index in [2.05, 4.69) is 15.5 Å². The number of nitrogens with zero attached hydrogens (tertiary/aromatic N) is 1. The summed E-state index contributed by atoms with van der Waals surface area (Å²) >= 11 is 0. The van der Waals surface area contributed by atoms with E-state index in [4.69, 9.17) is 5.11 Å². The lowest BCUT2D eigenvalue weighted by Crippen LogP contribution is -2.00. The molecule has 0 spiro atoms. The minimum absolute atomic E-state index is 0.156. The first-order chi connectivity index (χ1) is 11.3. The van der Waals surface area contributed by atoms with Crippen LogP contribution in [0.2, 0.25) is 0 Å². The maximum Gasteiger partial charge on any atom is 0.123 e. The number of aliphatic hydroxyl groups is 1. The van der Waals surface area contributed by atoms with Crippen LogP contribution < -0.4 is 5.32 Å². The number of hydrogen-bond acceptors (Lipinski definition) is 3. The third-order valence-electron chi connectivity index (χ3n) is 3.69. The Balaban J connectivity index is 1.69. The van der Waals surface area contributed by atoms with Crippen LogP contribution in [-0.4, -0.2) is 21.9 Å². The van der Waals surface area contributed by atoms with Gasteiger partial charge >= 0.3 is 0 Å². The monoisotopic (exact) mass is 311 g/mol. The molecule has 0 fully saturated rings. The van der Waals surface area contributed by atoms with Crippen molar-refractivity contribution in [2.24, 2.45) is 0 Å². The molecule has 2 aromatic carbocycles. The van der Waals surface area contributed by atoms with Crippen LogP contribution >= 0.6 is 0 Å². The number of hydrogen-bond donors (Lipinski definition) is 3. The van der Waals surface area contributed by atoms with Crippen molar-refractivity contribution in [3.8, 4) is 11.3 Å². The molecule has 1 aromatic heterocycles. The fourth-order valence-electron chi connectivity index (χ4n) is 2.43. The summed E-state index contributed by atoms with van der Waals surface area (Å²) in [6, 6.07) is 14.3. The van der Waals surface area contributed by atoms with Crippen LogP contribution in [0.1, 0.15) is 11.1 Å². The predicted molar refractivity (Wildman–Crippen MR) is 88.5 cm³/mol. The molecule has 0 saturated heterocycles. The normalized spacial score (nSPS) is 10.7. The highest BCUT2D eigenvalue weighted by Gasteiger charge is 2.07. The number of benzene rings is 2. The van der Waals surface area contributed by atoms with Crippen LogP contribution in [0, 0.1) is 5.82 Å². The number of anilines is 1. The summed E-state index contributed by atoms with van der Waals surface area (Å²) in [5.74, 6) is -0.254. The highest BCUT2D eigenvalue weighted by Crippen LogP contribution is 2.22. The summed E-state index contributed by atoms with van der Waals surface area (Å²) in [5.41, 5.74) is 4.90. The Morgan fingerprint density at radius 1 is 1.04 bits per heavy atom. The van der Waals surface area contributed by atoms with Crippen molar-refractivity contribution >= 4 is 5.69 Å². The van der Waals surface area contributed by atoms with E-state index in [1.807, 2.05) is 24.3 Å². The van der Waals surface area contributed by atoms with E-state index in [0.29, 0.717) is 13.0 Å². The molecule has 0 aliphatic rings. The topological polar surface area (TPSA) is 60.9 Å². The summed E-state index contributed by atoms with van der Waals surface area (Å²) in [7, 11) is 0. The van der Waals surface area contributed by atoms with E-state index in [1.54, 1.807) is 18.3 Å². The molecule has 0 unspecified atom stereocenters. The standard InChI is InChI=1S/C18H18FN3O/c19-16-5-3-14(4-6-16)18-15(12-21-22-18)11-20-17-7-1-13(2-8-17)9-10-23/h1-8,12,20,23H,9-11H2,(H,21,22). The average molecular weight is 311 g/mol. The maximum atomic E-state index is 13.0. The zero-order chi connectivity index (χ0) is 16.1. The van der Waals surface area contributed by atoms with Crippen molar-refractivity contribution in [3.63, 3.8) is 0 Å². The van der Waals surface area contributed by atoms with E-state index in [9.17, 15) is 4.39 Å². The zero-order valence-electron chi connectivity index (χ0n) is 12.6. The maximum absolute atomic E-state index is 13.0. The lowest BCUT2D eigenvalue weighted by Gasteiger charge is -2.08. The van der Waals surface area contributed by atoms with Crippen LogP contribution in [0.4, 0.5) is 10.1 Å². The molecule has 0 aliphatic heterocycles. The van der Waals surface area contributed by atoms with Gasteiger partial charge in [0.1, 0.15) is 5.82 Å². The first-order valence-corrected chi connectivity index (χ1v) is 7.48. The Kier molecular flexibility index (Phi) is 4.68. The van der Waals surface area contributed by atoms with Gasteiger partial charge in [0.2, 0.25) is 0 Å². The molecule has 4 nitrogen and oxygen atoms in total. The molecule has 0 atom stereocenters. The molecular weight excluding hydrogens is 293 g/mol. The van der Waals surface area contributed by atoms with Gasteiger partial charge in [0.25, 0.3) is 0 Å². The SMILES string of the molecule is OCCc1ccc(NCc2cn[nH]c2-c2ccc(F)cc2)cc1. The van der Waals surface area contributed by atoms with E-state index >= 15 is 0 Å². The minimum atomic E-state index is -0.254. The third kappa shape index (κ3) is 3.76. The van der Waals surface area contributed by atoms with Crippen molar-refractivity contribution in [3.05, 3.63) is 71.7 Å². The molecule has 3 N–H and O–H groups in total. The minimum Gasteiger partial charge on any atom is -0.396 e. The Morgan fingerprint density at radius 3 is 2.48 bits per heavy atom. The molecule has 118 valence electrons. The number of halogens is 1. The molecule has 0 aliphatic carbocycles. The zero-order valence-corrected chi connectivity index (χ0v) is 12.6. The smallest absolute Gasteiger partial charge is 0.123 e. The quantitative estimate of drug-likeness (QED) is 0.654. The Labute approximate surface area is 134 Å². The van der Waals surface area contributed by atoms with Gasteiger partial charge in [-0.2, -0.15) is 5.10 Å². The van der Waals surface area contributed by atoms with Crippen molar-refractivity contribution in [2.45, 2.75) is 13.0 Å². The van der Waals surface area contributed by atoms with Crippen LogP contribution in [0.5, 0.6) is 0 Å². The second-order valence-corrected chi connectivity index (χ2v) is 5.30. The van der Waals surface area contributed by atoms with Crippen molar-refractivity contribution in [2.75, 3.05) is 11.9 Å². The van der Waals surface area contributed by atoms with Gasteiger partial charge in [0.15, 0.2) is 0 Å². The van der Waals surface area contributed by atoms with Gasteiger partial charge in [-0.25, -0.2) is 4.39 Å². The number of H-pyrrole nitrogens is 1. The number of aliphatic hydroxyl groups excluding tert-OH is 1. The van der Waals surface area contributed by atoms with Crippen molar-refractivity contribution in [1.29, 1.82) is 0 Å². The fraction of sp³-hybridized carbons (Fsp3) is 0.167. The molecule has 0 radical (unpaired) electrons. The van der Waals surface area contributed by atoms with Gasteiger partial charge in [-0.3, -0.25) is 5.10 Å². The van der Waals surface area contributed by atoms with E-state index in [-0.39, 0.29) is 12.4 Å². The highest BCUT2D eigenvalue weighted by molar-refractivity contribution is 5.63. The van der Waals surface area contributed by atoms with Crippen LogP contribution in [0.15, 0.2) is 54.7 Å². The Hall–Kier alpha value is -2.66. The molecule has 0 bridgehead atoms. The lowest BCUT2D eigenvalue weighted by molar-refractivity contribution is 0.299. The fourth-order valence-corrected chi connectivity index (χ4v) is 2.43. The molecule has 1 heterocycles. The van der Waals surface area contributed by atoms with Gasteiger partial charge in [0.05, 0.1) is 11.9 Å². The summed E-state index contributed by atoms with van der Waals surface area (Å²) in [4.78, 5) is 0. The van der Waals surface area contributed by atoms with Crippen LogP contribution in [-0.2, 0) is 13.0 Å². The van der Waals surface area contributed by atoms with Gasteiger partial charge in [-0.15, -0.1) is 0 Å². The van der Waals surface area contributed by atoms with Crippen LogP contribution in [0.3, 0.4) is 0 Å². The highest BCUT2D eigenvalue weighted by atomic mass is 19.1. The third-order valence-corrected chi connectivity index (χ3v) is 3.69. The van der Waals surface area contributed by atoms with E-state index < -0.39 is 0 Å². The molecule has 5 heteroatoms.